The van der Waals surface area contributed by atoms with Crippen molar-refractivity contribution in [2.75, 3.05) is 23.9 Å². The third kappa shape index (κ3) is 3.49. The number of fused-ring (bicyclic) bond motifs is 2. The molecule has 0 atom stereocenters. The van der Waals surface area contributed by atoms with Gasteiger partial charge in [0.05, 0.1) is 19.3 Å². The average Bonchev–Trinajstić information content (AvgIpc) is 3.38. The Labute approximate surface area is 185 Å². The monoisotopic (exact) mass is 429 g/mol. The van der Waals surface area contributed by atoms with Gasteiger partial charge in [-0.15, -0.1) is 0 Å². The molecule has 1 N–H and O–H groups in total. The van der Waals surface area contributed by atoms with Crippen molar-refractivity contribution < 1.29 is 14.3 Å². The van der Waals surface area contributed by atoms with Crippen molar-refractivity contribution in [2.24, 2.45) is 7.05 Å². The van der Waals surface area contributed by atoms with Crippen LogP contribution in [0.2, 0.25) is 0 Å². The van der Waals surface area contributed by atoms with Crippen molar-refractivity contribution >= 4 is 34.2 Å². The van der Waals surface area contributed by atoms with E-state index in [0.717, 1.165) is 22.2 Å². The van der Waals surface area contributed by atoms with Gasteiger partial charge in [0.1, 0.15) is 18.1 Å². The number of aryl methyl sites for hydroxylation is 2. The molecule has 2 aromatic carbocycles. The Morgan fingerprint density at radius 2 is 1.94 bits per heavy atom. The van der Waals surface area contributed by atoms with E-state index in [4.69, 9.17) is 9.84 Å². The van der Waals surface area contributed by atoms with Crippen molar-refractivity contribution in [3.63, 3.8) is 0 Å². The molecule has 8 heteroatoms. The van der Waals surface area contributed by atoms with Crippen LogP contribution in [-0.4, -0.2) is 39.8 Å². The largest absolute Gasteiger partial charge is 0.497 e. The Hall–Kier alpha value is -4.07. The van der Waals surface area contributed by atoms with Crippen LogP contribution in [0.3, 0.4) is 0 Å². The summed E-state index contributed by atoms with van der Waals surface area (Å²) in [5.74, 6) is 0.977. The zero-order chi connectivity index (χ0) is 22.2. The Bertz CT molecular complexity index is 1320. The second-order valence-electron chi connectivity index (χ2n) is 7.79. The van der Waals surface area contributed by atoms with E-state index in [-0.39, 0.29) is 18.4 Å². The molecule has 5 rings (SSSR count). The van der Waals surface area contributed by atoms with Gasteiger partial charge >= 0.3 is 0 Å². The molecule has 1 aliphatic rings. The molecule has 0 fully saturated rings. The number of rotatable bonds is 5. The van der Waals surface area contributed by atoms with E-state index in [9.17, 15) is 9.59 Å². The lowest BCUT2D eigenvalue weighted by molar-refractivity contribution is -0.122. The average molecular weight is 429 g/mol. The quantitative estimate of drug-likeness (QED) is 0.527. The summed E-state index contributed by atoms with van der Waals surface area (Å²) in [7, 11) is 3.59. The van der Waals surface area contributed by atoms with Gasteiger partial charge in [-0.3, -0.25) is 14.5 Å². The molecule has 2 aromatic heterocycles. The predicted molar refractivity (Wildman–Crippen MR) is 123 cm³/mol. The number of aromatic nitrogens is 3. The van der Waals surface area contributed by atoms with Crippen molar-refractivity contribution in [1.29, 1.82) is 0 Å². The number of nitrogens with one attached hydrogen (secondary N) is 1. The number of para-hydroxylation sites is 1. The van der Waals surface area contributed by atoms with Gasteiger partial charge in [-0.2, -0.15) is 5.10 Å². The number of methoxy groups -OCH3 is 1. The highest BCUT2D eigenvalue weighted by atomic mass is 16.5. The first kappa shape index (κ1) is 19.9. The molecule has 0 radical (unpaired) electrons. The molecular weight excluding hydrogens is 406 g/mol. The van der Waals surface area contributed by atoms with Gasteiger partial charge in [-0.05, 0) is 30.3 Å². The molecule has 0 bridgehead atoms. The standard InChI is InChI=1S/C24H23N5O3/c1-27-14-19(18-5-3-4-6-21(18)27)20-13-23-28(24(31)11-12-29(23)26-20)15-22(30)25-16-7-9-17(32-2)10-8-16/h3-10,13-14H,11-12,15H2,1-2H3,(H,25,30). The SMILES string of the molecule is COc1ccc(NC(=O)CN2C(=O)CCn3nc(-c4cn(C)c5ccccc45)cc32)cc1. The summed E-state index contributed by atoms with van der Waals surface area (Å²) in [5, 5.41) is 8.68. The lowest BCUT2D eigenvalue weighted by Gasteiger charge is -2.26. The van der Waals surface area contributed by atoms with Gasteiger partial charge < -0.3 is 14.6 Å². The van der Waals surface area contributed by atoms with Gasteiger partial charge in [-0.1, -0.05) is 18.2 Å². The minimum atomic E-state index is -0.273. The number of ether oxygens (including phenoxy) is 1. The second kappa shape index (κ2) is 7.88. The Morgan fingerprint density at radius 1 is 1.16 bits per heavy atom. The molecule has 32 heavy (non-hydrogen) atoms. The molecule has 0 aliphatic carbocycles. The lowest BCUT2D eigenvalue weighted by atomic mass is 10.1. The minimum Gasteiger partial charge on any atom is -0.497 e. The molecule has 2 amide bonds. The first-order chi connectivity index (χ1) is 15.5. The number of carbonyl (C=O) groups is 2. The van der Waals surface area contributed by atoms with Gasteiger partial charge in [0.25, 0.3) is 0 Å². The fourth-order valence-corrected chi connectivity index (χ4v) is 4.12. The second-order valence-corrected chi connectivity index (χ2v) is 7.79. The van der Waals surface area contributed by atoms with Crippen LogP contribution in [0.4, 0.5) is 11.5 Å². The van der Waals surface area contributed by atoms with Crippen LogP contribution in [0.25, 0.3) is 22.2 Å². The fraction of sp³-hybridized carbons (Fsp3) is 0.208. The zero-order valence-electron chi connectivity index (χ0n) is 17.9. The van der Waals surface area contributed by atoms with Crippen LogP contribution in [0.1, 0.15) is 6.42 Å². The summed E-state index contributed by atoms with van der Waals surface area (Å²) >= 11 is 0. The summed E-state index contributed by atoms with van der Waals surface area (Å²) in [4.78, 5) is 26.9. The maximum absolute atomic E-state index is 12.7. The van der Waals surface area contributed by atoms with E-state index >= 15 is 0 Å². The number of hydrogen-bond acceptors (Lipinski definition) is 4. The minimum absolute atomic E-state index is 0.0778. The summed E-state index contributed by atoms with van der Waals surface area (Å²) in [6, 6.07) is 17.1. The lowest BCUT2D eigenvalue weighted by Crippen LogP contribution is -2.42. The Morgan fingerprint density at radius 3 is 2.72 bits per heavy atom. The first-order valence-electron chi connectivity index (χ1n) is 10.4. The Kier molecular flexibility index (Phi) is 4.89. The third-order valence-corrected chi connectivity index (χ3v) is 5.72. The molecule has 0 spiro atoms. The number of benzene rings is 2. The zero-order valence-corrected chi connectivity index (χ0v) is 17.9. The van der Waals surface area contributed by atoms with Gasteiger partial charge in [0, 0.05) is 47.9 Å². The van der Waals surface area contributed by atoms with Crippen molar-refractivity contribution in [2.45, 2.75) is 13.0 Å². The number of carbonyl (C=O) groups excluding carboxylic acids is 2. The fourth-order valence-electron chi connectivity index (χ4n) is 4.12. The van der Waals surface area contributed by atoms with Crippen LogP contribution in [0.15, 0.2) is 60.8 Å². The van der Waals surface area contributed by atoms with Gasteiger partial charge in [-0.25, -0.2) is 4.68 Å². The number of hydrogen-bond donors (Lipinski definition) is 1. The van der Waals surface area contributed by atoms with Crippen molar-refractivity contribution in [3.8, 4) is 17.0 Å². The van der Waals surface area contributed by atoms with Gasteiger partial charge in [0.2, 0.25) is 11.8 Å². The van der Waals surface area contributed by atoms with E-state index in [0.29, 0.717) is 30.2 Å². The molecule has 1 aliphatic heterocycles. The third-order valence-electron chi connectivity index (χ3n) is 5.72. The van der Waals surface area contributed by atoms with Crippen LogP contribution in [0.5, 0.6) is 5.75 Å². The number of anilines is 2. The summed E-state index contributed by atoms with van der Waals surface area (Å²) in [6.07, 6.45) is 2.35. The van der Waals surface area contributed by atoms with E-state index in [1.165, 1.54) is 4.90 Å². The molecule has 0 unspecified atom stereocenters. The van der Waals surface area contributed by atoms with E-state index in [2.05, 4.69) is 22.0 Å². The molecule has 162 valence electrons. The maximum Gasteiger partial charge on any atom is 0.244 e. The highest BCUT2D eigenvalue weighted by molar-refractivity contribution is 6.03. The highest BCUT2D eigenvalue weighted by Gasteiger charge is 2.28. The molecule has 0 saturated heterocycles. The summed E-state index contributed by atoms with van der Waals surface area (Å²) in [5.41, 5.74) is 3.54. The van der Waals surface area contributed by atoms with Crippen LogP contribution in [0, 0.1) is 0 Å². The Balaban J connectivity index is 1.41. The molecular formula is C24H23N5O3. The first-order valence-corrected chi connectivity index (χ1v) is 10.4. The molecule has 0 saturated carbocycles. The number of amides is 2. The topological polar surface area (TPSA) is 81.4 Å². The predicted octanol–water partition coefficient (Wildman–Crippen LogP) is 3.43. The van der Waals surface area contributed by atoms with Crippen LogP contribution in [-0.2, 0) is 23.2 Å². The van der Waals surface area contributed by atoms with Crippen molar-refractivity contribution in [1.82, 2.24) is 14.3 Å². The van der Waals surface area contributed by atoms with E-state index in [1.54, 1.807) is 36.1 Å². The smallest absolute Gasteiger partial charge is 0.244 e. The molecule has 3 heterocycles. The van der Waals surface area contributed by atoms with Crippen molar-refractivity contribution in [3.05, 3.63) is 60.8 Å². The normalized spacial score (nSPS) is 13.3. The van der Waals surface area contributed by atoms with Crippen LogP contribution < -0.4 is 15.0 Å². The molecule has 4 aromatic rings. The van der Waals surface area contributed by atoms with E-state index < -0.39 is 0 Å². The maximum atomic E-state index is 12.7. The number of nitrogens with zero attached hydrogens (tertiary/aromatic N) is 4. The van der Waals surface area contributed by atoms with Crippen LogP contribution >= 0.6 is 0 Å². The highest BCUT2D eigenvalue weighted by Crippen LogP contribution is 2.33. The van der Waals surface area contributed by atoms with E-state index in [1.807, 2.05) is 31.4 Å². The molecule has 8 nitrogen and oxygen atoms in total. The summed E-state index contributed by atoms with van der Waals surface area (Å²) < 4.78 is 9.01. The summed E-state index contributed by atoms with van der Waals surface area (Å²) in [6.45, 7) is 0.418. The van der Waals surface area contributed by atoms with Gasteiger partial charge in [0.15, 0.2) is 0 Å².